The molecular weight excluding hydrogens is 256 g/mol. The van der Waals surface area contributed by atoms with Crippen molar-refractivity contribution in [1.29, 1.82) is 0 Å². The van der Waals surface area contributed by atoms with Gasteiger partial charge in [-0.3, -0.25) is 4.79 Å². The van der Waals surface area contributed by atoms with Crippen LogP contribution in [0.5, 0.6) is 0 Å². The van der Waals surface area contributed by atoms with Crippen molar-refractivity contribution in [1.82, 2.24) is 5.32 Å². The van der Waals surface area contributed by atoms with E-state index in [1.54, 1.807) is 7.11 Å². The molecule has 0 spiro atoms. The van der Waals surface area contributed by atoms with Crippen LogP contribution in [0.25, 0.3) is 0 Å². The Bertz CT molecular complexity index is 319. The summed E-state index contributed by atoms with van der Waals surface area (Å²) in [7, 11) is 1.69. The molecule has 0 bridgehead atoms. The third-order valence-corrected chi connectivity index (χ3v) is 5.00. The Morgan fingerprint density at radius 3 is 2.45 bits per heavy atom. The third kappa shape index (κ3) is 3.32. The van der Waals surface area contributed by atoms with Crippen molar-refractivity contribution in [3.8, 4) is 0 Å². The molecule has 5 nitrogen and oxygen atoms in total. The maximum atomic E-state index is 12.6. The summed E-state index contributed by atoms with van der Waals surface area (Å²) in [6.45, 7) is 2.21. The summed E-state index contributed by atoms with van der Waals surface area (Å²) in [5.74, 6) is 0.102. The van der Waals surface area contributed by atoms with Gasteiger partial charge in [0.2, 0.25) is 5.91 Å². The summed E-state index contributed by atoms with van der Waals surface area (Å²) in [5.41, 5.74) is 5.22. The molecular formula is C15H28N2O3. The minimum atomic E-state index is -0.370. The number of rotatable bonds is 5. The second-order valence-corrected chi connectivity index (χ2v) is 6.27. The molecule has 1 heterocycles. The summed E-state index contributed by atoms with van der Waals surface area (Å²) in [4.78, 5) is 12.6. The van der Waals surface area contributed by atoms with Crippen LogP contribution in [0.1, 0.15) is 44.9 Å². The number of carbonyl (C=O) groups is 1. The molecule has 1 aliphatic heterocycles. The van der Waals surface area contributed by atoms with Crippen molar-refractivity contribution in [2.45, 2.75) is 50.5 Å². The molecule has 0 radical (unpaired) electrons. The van der Waals surface area contributed by atoms with Gasteiger partial charge in [-0.05, 0) is 12.8 Å². The highest BCUT2D eigenvalue weighted by Gasteiger charge is 2.40. The lowest BCUT2D eigenvalue weighted by atomic mass is 9.79. The van der Waals surface area contributed by atoms with Crippen LogP contribution < -0.4 is 11.1 Å². The number of methoxy groups -OCH3 is 1. The molecule has 0 aromatic heterocycles. The van der Waals surface area contributed by atoms with E-state index in [9.17, 15) is 4.79 Å². The molecule has 2 aliphatic rings. The first-order valence-electron chi connectivity index (χ1n) is 7.78. The molecule has 0 aromatic carbocycles. The summed E-state index contributed by atoms with van der Waals surface area (Å²) in [6.07, 6.45) is 7.28. The van der Waals surface area contributed by atoms with E-state index in [-0.39, 0.29) is 16.9 Å². The van der Waals surface area contributed by atoms with Gasteiger partial charge >= 0.3 is 0 Å². The van der Waals surface area contributed by atoms with Crippen molar-refractivity contribution in [2.24, 2.45) is 11.1 Å². The molecule has 1 atom stereocenters. The first kappa shape index (κ1) is 15.7. The molecule has 1 saturated carbocycles. The lowest BCUT2D eigenvalue weighted by molar-refractivity contribution is -0.133. The molecule has 2 fully saturated rings. The Labute approximate surface area is 121 Å². The van der Waals surface area contributed by atoms with Crippen LogP contribution in [0.2, 0.25) is 0 Å². The zero-order valence-electron chi connectivity index (χ0n) is 12.6. The number of amides is 1. The quantitative estimate of drug-likeness (QED) is 0.744. The predicted molar refractivity (Wildman–Crippen MR) is 77.4 cm³/mol. The summed E-state index contributed by atoms with van der Waals surface area (Å²) in [6, 6.07) is 0. The fraction of sp³-hybridized carbons (Fsp3) is 0.933. The Hall–Kier alpha value is -0.650. The van der Waals surface area contributed by atoms with E-state index in [4.69, 9.17) is 15.2 Å². The smallest absolute Gasteiger partial charge is 0.227 e. The van der Waals surface area contributed by atoms with E-state index in [1.807, 2.05) is 0 Å². The minimum absolute atomic E-state index is 0.102. The van der Waals surface area contributed by atoms with E-state index in [0.717, 1.165) is 32.1 Å². The number of nitrogens with two attached hydrogens (primary N) is 1. The maximum Gasteiger partial charge on any atom is 0.227 e. The molecule has 1 amide bonds. The number of ether oxygens (including phenoxy) is 2. The van der Waals surface area contributed by atoms with Gasteiger partial charge in [0.05, 0.1) is 12.0 Å². The first-order chi connectivity index (χ1) is 9.66. The lowest BCUT2D eigenvalue weighted by Crippen LogP contribution is -2.51. The van der Waals surface area contributed by atoms with Crippen LogP contribution in [0.3, 0.4) is 0 Å². The minimum Gasteiger partial charge on any atom is -0.378 e. The molecule has 1 saturated heterocycles. The topological polar surface area (TPSA) is 73.6 Å². The van der Waals surface area contributed by atoms with Gasteiger partial charge in [-0.1, -0.05) is 25.7 Å². The standard InChI is InChI=1S/C15H28N2O3/c1-19-15(8-9-20-12-15)11-17-13(18)14(10-16)6-4-2-3-5-7-14/h2-12,16H2,1H3,(H,17,18). The van der Waals surface area contributed by atoms with Gasteiger partial charge < -0.3 is 20.5 Å². The Kier molecular flexibility index (Phi) is 5.41. The van der Waals surface area contributed by atoms with Crippen LogP contribution in [0.15, 0.2) is 0 Å². The van der Waals surface area contributed by atoms with Crippen LogP contribution >= 0.6 is 0 Å². The zero-order chi connectivity index (χ0) is 14.5. The van der Waals surface area contributed by atoms with Crippen molar-refractivity contribution in [3.63, 3.8) is 0 Å². The highest BCUT2D eigenvalue weighted by molar-refractivity contribution is 5.83. The van der Waals surface area contributed by atoms with Crippen LogP contribution in [0, 0.1) is 5.41 Å². The monoisotopic (exact) mass is 284 g/mol. The van der Waals surface area contributed by atoms with Crippen LogP contribution in [0.4, 0.5) is 0 Å². The molecule has 3 N–H and O–H groups in total. The van der Waals surface area contributed by atoms with E-state index in [0.29, 0.717) is 26.3 Å². The average molecular weight is 284 g/mol. The maximum absolute atomic E-state index is 12.6. The van der Waals surface area contributed by atoms with Gasteiger partial charge in [0.25, 0.3) is 0 Å². The van der Waals surface area contributed by atoms with Crippen molar-refractivity contribution in [3.05, 3.63) is 0 Å². The second kappa shape index (κ2) is 6.87. The van der Waals surface area contributed by atoms with Gasteiger partial charge in [0, 0.05) is 33.2 Å². The fourth-order valence-corrected chi connectivity index (χ4v) is 3.32. The first-order valence-corrected chi connectivity index (χ1v) is 7.78. The summed E-state index contributed by atoms with van der Waals surface area (Å²) < 4.78 is 11.0. The largest absolute Gasteiger partial charge is 0.378 e. The molecule has 1 unspecified atom stereocenters. The van der Waals surface area contributed by atoms with Gasteiger partial charge in [-0.2, -0.15) is 0 Å². The molecule has 0 aromatic rings. The van der Waals surface area contributed by atoms with E-state index in [1.165, 1.54) is 12.8 Å². The average Bonchev–Trinajstić information content (AvgIpc) is 2.82. The Morgan fingerprint density at radius 2 is 1.95 bits per heavy atom. The second-order valence-electron chi connectivity index (χ2n) is 6.27. The van der Waals surface area contributed by atoms with Gasteiger partial charge in [-0.15, -0.1) is 0 Å². The molecule has 20 heavy (non-hydrogen) atoms. The van der Waals surface area contributed by atoms with Crippen LogP contribution in [-0.4, -0.2) is 44.9 Å². The molecule has 1 aliphatic carbocycles. The van der Waals surface area contributed by atoms with Gasteiger partial charge in [0.1, 0.15) is 5.60 Å². The highest BCUT2D eigenvalue weighted by atomic mass is 16.5. The van der Waals surface area contributed by atoms with E-state index < -0.39 is 0 Å². The predicted octanol–water partition coefficient (Wildman–Crippen LogP) is 1.21. The SMILES string of the molecule is COC1(CNC(=O)C2(CN)CCCCCC2)CCOC1. The van der Waals surface area contributed by atoms with Crippen molar-refractivity contribution < 1.29 is 14.3 Å². The normalized spacial score (nSPS) is 29.9. The van der Waals surface area contributed by atoms with Crippen molar-refractivity contribution in [2.75, 3.05) is 33.4 Å². The number of hydrogen-bond donors (Lipinski definition) is 2. The van der Waals surface area contributed by atoms with Gasteiger partial charge in [0.15, 0.2) is 0 Å². The van der Waals surface area contributed by atoms with Crippen LogP contribution in [-0.2, 0) is 14.3 Å². The Morgan fingerprint density at radius 1 is 1.25 bits per heavy atom. The third-order valence-electron chi connectivity index (χ3n) is 5.00. The summed E-state index contributed by atoms with van der Waals surface area (Å²) >= 11 is 0. The van der Waals surface area contributed by atoms with Gasteiger partial charge in [-0.25, -0.2) is 0 Å². The Balaban J connectivity index is 1.95. The number of hydrogen-bond acceptors (Lipinski definition) is 4. The van der Waals surface area contributed by atoms with E-state index >= 15 is 0 Å². The zero-order valence-corrected chi connectivity index (χ0v) is 12.6. The van der Waals surface area contributed by atoms with Crippen molar-refractivity contribution >= 4 is 5.91 Å². The number of carbonyl (C=O) groups excluding carboxylic acids is 1. The number of nitrogens with one attached hydrogen (secondary N) is 1. The summed E-state index contributed by atoms with van der Waals surface area (Å²) in [5, 5.41) is 3.08. The fourth-order valence-electron chi connectivity index (χ4n) is 3.32. The molecule has 116 valence electrons. The molecule has 2 rings (SSSR count). The lowest BCUT2D eigenvalue weighted by Gasteiger charge is -2.32. The highest BCUT2D eigenvalue weighted by Crippen LogP contribution is 2.34. The van der Waals surface area contributed by atoms with E-state index in [2.05, 4.69) is 5.32 Å². The molecule has 5 heteroatoms.